The van der Waals surface area contributed by atoms with Crippen molar-refractivity contribution in [3.8, 4) is 5.75 Å². The molecule has 0 heterocycles. The first-order valence-electron chi connectivity index (χ1n) is 6.65. The molecule has 1 atom stereocenters. The highest BCUT2D eigenvalue weighted by Gasteiger charge is 2.14. The van der Waals surface area contributed by atoms with Crippen LogP contribution in [0.3, 0.4) is 0 Å². The third kappa shape index (κ3) is 3.73. The van der Waals surface area contributed by atoms with Crippen LogP contribution in [-0.2, 0) is 0 Å². The molecule has 0 amide bonds. The van der Waals surface area contributed by atoms with E-state index in [0.717, 1.165) is 23.4 Å². The second-order valence-electron chi connectivity index (χ2n) is 4.58. The first-order chi connectivity index (χ1) is 10.0. The Bertz CT molecular complexity index is 634. The van der Waals surface area contributed by atoms with Gasteiger partial charge in [-0.25, -0.2) is 8.78 Å². The number of rotatable bonds is 5. The minimum absolute atomic E-state index is 0.105. The standard InChI is InChI=1S/C16H16BrF2NO/c1-3-21-16-7-5-4-6-11(16)10(2)20-15-9-13(18)12(17)8-14(15)19/h4-10,20H,3H2,1-2H3. The zero-order valence-electron chi connectivity index (χ0n) is 11.8. The summed E-state index contributed by atoms with van der Waals surface area (Å²) in [7, 11) is 0. The van der Waals surface area contributed by atoms with Crippen LogP contribution in [0.5, 0.6) is 5.75 Å². The Kier molecular flexibility index (Phi) is 5.17. The van der Waals surface area contributed by atoms with Gasteiger partial charge in [0.25, 0.3) is 0 Å². The monoisotopic (exact) mass is 355 g/mol. The number of benzene rings is 2. The normalized spacial score (nSPS) is 12.0. The van der Waals surface area contributed by atoms with Crippen molar-refractivity contribution < 1.29 is 13.5 Å². The molecule has 21 heavy (non-hydrogen) atoms. The van der Waals surface area contributed by atoms with E-state index in [1.165, 1.54) is 0 Å². The van der Waals surface area contributed by atoms with Gasteiger partial charge in [0.1, 0.15) is 17.4 Å². The summed E-state index contributed by atoms with van der Waals surface area (Å²) in [5, 5.41) is 2.98. The van der Waals surface area contributed by atoms with Crippen LogP contribution in [-0.4, -0.2) is 6.61 Å². The number of halogens is 3. The van der Waals surface area contributed by atoms with Crippen LogP contribution in [0.15, 0.2) is 40.9 Å². The van der Waals surface area contributed by atoms with Gasteiger partial charge in [0.2, 0.25) is 0 Å². The average Bonchev–Trinajstić information content (AvgIpc) is 2.45. The molecule has 0 bridgehead atoms. The molecule has 0 saturated carbocycles. The van der Waals surface area contributed by atoms with Crippen molar-refractivity contribution in [2.75, 3.05) is 11.9 Å². The van der Waals surface area contributed by atoms with E-state index in [0.29, 0.717) is 6.61 Å². The van der Waals surface area contributed by atoms with Crippen molar-refractivity contribution in [3.05, 3.63) is 58.1 Å². The molecular formula is C16H16BrF2NO. The fourth-order valence-corrected chi connectivity index (χ4v) is 2.38. The molecule has 0 aromatic heterocycles. The minimum Gasteiger partial charge on any atom is -0.494 e. The zero-order valence-corrected chi connectivity index (χ0v) is 13.4. The van der Waals surface area contributed by atoms with E-state index in [-0.39, 0.29) is 16.2 Å². The topological polar surface area (TPSA) is 21.3 Å². The van der Waals surface area contributed by atoms with Gasteiger partial charge in [0.05, 0.1) is 22.8 Å². The van der Waals surface area contributed by atoms with Gasteiger partial charge in [0.15, 0.2) is 0 Å². The van der Waals surface area contributed by atoms with Crippen LogP contribution in [0, 0.1) is 11.6 Å². The van der Waals surface area contributed by atoms with Gasteiger partial charge in [0, 0.05) is 11.6 Å². The molecule has 2 nitrogen and oxygen atoms in total. The van der Waals surface area contributed by atoms with E-state index in [1.807, 2.05) is 38.1 Å². The van der Waals surface area contributed by atoms with Gasteiger partial charge in [-0.2, -0.15) is 0 Å². The lowest BCUT2D eigenvalue weighted by Crippen LogP contribution is -2.10. The highest BCUT2D eigenvalue weighted by atomic mass is 79.9. The fourth-order valence-electron chi connectivity index (χ4n) is 2.07. The molecule has 0 aliphatic carbocycles. The Balaban J connectivity index is 2.26. The largest absolute Gasteiger partial charge is 0.494 e. The van der Waals surface area contributed by atoms with E-state index in [9.17, 15) is 8.78 Å². The highest BCUT2D eigenvalue weighted by Crippen LogP contribution is 2.30. The van der Waals surface area contributed by atoms with E-state index >= 15 is 0 Å². The van der Waals surface area contributed by atoms with Crippen LogP contribution in [0.1, 0.15) is 25.5 Å². The lowest BCUT2D eigenvalue weighted by atomic mass is 10.1. The SMILES string of the molecule is CCOc1ccccc1C(C)Nc1cc(F)c(Br)cc1F. The van der Waals surface area contributed by atoms with Crippen molar-refractivity contribution >= 4 is 21.6 Å². The minimum atomic E-state index is -0.510. The second kappa shape index (κ2) is 6.89. The Labute approximate surface area is 131 Å². The Hall–Kier alpha value is -1.62. The number of anilines is 1. The quantitative estimate of drug-likeness (QED) is 0.734. The molecule has 2 rings (SSSR count). The summed E-state index contributed by atoms with van der Waals surface area (Å²) in [5.41, 5.74) is 1.01. The fraction of sp³-hybridized carbons (Fsp3) is 0.250. The molecule has 0 fully saturated rings. The van der Waals surface area contributed by atoms with Gasteiger partial charge in [-0.1, -0.05) is 18.2 Å². The molecule has 5 heteroatoms. The number of ether oxygens (including phenoxy) is 1. The molecule has 1 unspecified atom stereocenters. The van der Waals surface area contributed by atoms with Crippen LogP contribution in [0.4, 0.5) is 14.5 Å². The summed E-state index contributed by atoms with van der Waals surface area (Å²) in [6, 6.07) is 9.54. The number of hydrogen-bond donors (Lipinski definition) is 1. The van der Waals surface area contributed by atoms with Crippen LogP contribution >= 0.6 is 15.9 Å². The molecule has 2 aromatic carbocycles. The average molecular weight is 356 g/mol. The van der Waals surface area contributed by atoms with Gasteiger partial charge in [-0.05, 0) is 41.9 Å². The van der Waals surface area contributed by atoms with Crippen LogP contribution in [0.2, 0.25) is 0 Å². The summed E-state index contributed by atoms with van der Waals surface area (Å²) < 4.78 is 33.1. The van der Waals surface area contributed by atoms with Crippen molar-refractivity contribution in [3.63, 3.8) is 0 Å². The Morgan fingerprint density at radius 2 is 1.90 bits per heavy atom. The Morgan fingerprint density at radius 3 is 2.62 bits per heavy atom. The molecule has 1 N–H and O–H groups in total. The summed E-state index contributed by atoms with van der Waals surface area (Å²) >= 11 is 2.96. The van der Waals surface area contributed by atoms with Gasteiger partial charge < -0.3 is 10.1 Å². The van der Waals surface area contributed by atoms with E-state index in [2.05, 4.69) is 21.2 Å². The smallest absolute Gasteiger partial charge is 0.147 e. The highest BCUT2D eigenvalue weighted by molar-refractivity contribution is 9.10. The van der Waals surface area contributed by atoms with Crippen molar-refractivity contribution in [1.82, 2.24) is 0 Å². The lowest BCUT2D eigenvalue weighted by Gasteiger charge is -2.19. The summed E-state index contributed by atoms with van der Waals surface area (Å²) in [5.74, 6) is -0.286. The molecule has 112 valence electrons. The van der Waals surface area contributed by atoms with Crippen molar-refractivity contribution in [1.29, 1.82) is 0 Å². The van der Waals surface area contributed by atoms with Crippen molar-refractivity contribution in [2.45, 2.75) is 19.9 Å². The maximum atomic E-state index is 13.9. The van der Waals surface area contributed by atoms with Gasteiger partial charge in [-0.3, -0.25) is 0 Å². The Morgan fingerprint density at radius 1 is 1.19 bits per heavy atom. The summed E-state index contributed by atoms with van der Waals surface area (Å²) in [6.07, 6.45) is 0. The van der Waals surface area contributed by atoms with Gasteiger partial charge >= 0.3 is 0 Å². The van der Waals surface area contributed by atoms with Crippen molar-refractivity contribution in [2.24, 2.45) is 0 Å². The number of hydrogen-bond acceptors (Lipinski definition) is 2. The maximum absolute atomic E-state index is 13.9. The lowest BCUT2D eigenvalue weighted by molar-refractivity contribution is 0.335. The van der Waals surface area contributed by atoms with E-state index < -0.39 is 11.6 Å². The maximum Gasteiger partial charge on any atom is 0.147 e. The molecule has 0 aliphatic rings. The van der Waals surface area contributed by atoms with E-state index in [4.69, 9.17) is 4.74 Å². The number of nitrogens with one attached hydrogen (secondary N) is 1. The number of para-hydroxylation sites is 1. The molecule has 0 radical (unpaired) electrons. The predicted octanol–water partition coefficient (Wildman–Crippen LogP) is 5.30. The predicted molar refractivity (Wildman–Crippen MR) is 83.7 cm³/mol. The third-order valence-electron chi connectivity index (χ3n) is 3.07. The molecule has 0 spiro atoms. The first-order valence-corrected chi connectivity index (χ1v) is 7.45. The second-order valence-corrected chi connectivity index (χ2v) is 5.44. The van der Waals surface area contributed by atoms with Crippen LogP contribution < -0.4 is 10.1 Å². The third-order valence-corrected chi connectivity index (χ3v) is 3.68. The zero-order chi connectivity index (χ0) is 15.4. The van der Waals surface area contributed by atoms with Crippen LogP contribution in [0.25, 0.3) is 0 Å². The molecule has 2 aromatic rings. The molecule has 0 saturated heterocycles. The first kappa shape index (κ1) is 15.8. The van der Waals surface area contributed by atoms with Gasteiger partial charge in [-0.15, -0.1) is 0 Å². The molecular weight excluding hydrogens is 340 g/mol. The summed E-state index contributed by atoms with van der Waals surface area (Å²) in [4.78, 5) is 0. The molecule has 0 aliphatic heterocycles. The summed E-state index contributed by atoms with van der Waals surface area (Å²) in [6.45, 7) is 4.32. The van der Waals surface area contributed by atoms with E-state index in [1.54, 1.807) is 0 Å².